The molecular weight excluding hydrogens is 377 g/mol. The zero-order valence-corrected chi connectivity index (χ0v) is 15.4. The molecular formula is C17H17Cl2N5O2. The number of amides is 1. The minimum absolute atomic E-state index is 0.00510. The Labute approximate surface area is 160 Å². The van der Waals surface area contributed by atoms with Crippen molar-refractivity contribution in [2.45, 2.75) is 6.92 Å². The van der Waals surface area contributed by atoms with E-state index >= 15 is 0 Å². The van der Waals surface area contributed by atoms with Crippen LogP contribution in [0.4, 0.5) is 22.7 Å². The van der Waals surface area contributed by atoms with Crippen LogP contribution in [0.5, 0.6) is 0 Å². The van der Waals surface area contributed by atoms with Gasteiger partial charge in [-0.1, -0.05) is 23.2 Å². The van der Waals surface area contributed by atoms with Gasteiger partial charge >= 0.3 is 0 Å². The highest BCUT2D eigenvalue weighted by Gasteiger charge is 2.09. The number of nitrogens with zero attached hydrogens (tertiary/aromatic N) is 2. The summed E-state index contributed by atoms with van der Waals surface area (Å²) >= 11 is 12.2. The Morgan fingerprint density at radius 2 is 1.62 bits per heavy atom. The average molecular weight is 394 g/mol. The SMILES string of the molecule is CC(=O)Nc1c(Cl)cc(/N=N/c2ccc(NCC(=O)CN)cc2)cc1Cl. The number of halogens is 2. The highest BCUT2D eigenvalue weighted by Crippen LogP contribution is 2.35. The van der Waals surface area contributed by atoms with E-state index in [-0.39, 0.29) is 34.8 Å². The van der Waals surface area contributed by atoms with Gasteiger partial charge in [0.2, 0.25) is 5.91 Å². The van der Waals surface area contributed by atoms with Crippen LogP contribution in [0.15, 0.2) is 46.6 Å². The Hall–Kier alpha value is -2.48. The Bertz CT molecular complexity index is 815. The van der Waals surface area contributed by atoms with Gasteiger partial charge in [0, 0.05) is 12.6 Å². The fourth-order valence-electron chi connectivity index (χ4n) is 1.95. The zero-order valence-electron chi connectivity index (χ0n) is 13.9. The molecule has 7 nitrogen and oxygen atoms in total. The van der Waals surface area contributed by atoms with Crippen LogP contribution in [0, 0.1) is 0 Å². The van der Waals surface area contributed by atoms with Crippen LogP contribution in [0.1, 0.15) is 6.92 Å². The van der Waals surface area contributed by atoms with Crippen LogP contribution < -0.4 is 16.4 Å². The summed E-state index contributed by atoms with van der Waals surface area (Å²) < 4.78 is 0. The molecule has 0 atom stereocenters. The van der Waals surface area contributed by atoms with Crippen molar-refractivity contribution in [3.8, 4) is 0 Å². The predicted molar refractivity (Wildman–Crippen MR) is 104 cm³/mol. The molecule has 0 aliphatic carbocycles. The minimum atomic E-state index is -0.273. The lowest BCUT2D eigenvalue weighted by Crippen LogP contribution is -2.22. The van der Waals surface area contributed by atoms with Gasteiger partial charge in [0.1, 0.15) is 0 Å². The summed E-state index contributed by atoms with van der Waals surface area (Å²) in [5.74, 6) is -0.352. The number of rotatable bonds is 7. The van der Waals surface area contributed by atoms with Gasteiger partial charge in [-0.3, -0.25) is 9.59 Å². The molecule has 1 amide bonds. The summed E-state index contributed by atoms with van der Waals surface area (Å²) in [7, 11) is 0. The van der Waals surface area contributed by atoms with E-state index in [1.807, 2.05) is 0 Å². The number of hydrogen-bond donors (Lipinski definition) is 3. The van der Waals surface area contributed by atoms with E-state index in [2.05, 4.69) is 20.9 Å². The van der Waals surface area contributed by atoms with Gasteiger partial charge in [-0.05, 0) is 36.4 Å². The highest BCUT2D eigenvalue weighted by atomic mass is 35.5. The fourth-order valence-corrected chi connectivity index (χ4v) is 2.52. The second-order valence-corrected chi connectivity index (χ2v) is 6.12. The van der Waals surface area contributed by atoms with Gasteiger partial charge in [0.25, 0.3) is 0 Å². The lowest BCUT2D eigenvalue weighted by atomic mass is 10.2. The zero-order chi connectivity index (χ0) is 19.1. The standard InChI is InChI=1S/C17H17Cl2N5O2/c1-10(25)22-17-15(18)6-13(7-16(17)19)24-23-12-4-2-11(3-5-12)21-9-14(26)8-20/h2-7,21H,8-9,20H2,1H3,(H,22,25)/b24-23+. The second-order valence-electron chi connectivity index (χ2n) is 5.31. The van der Waals surface area contributed by atoms with Crippen LogP contribution >= 0.6 is 23.2 Å². The van der Waals surface area contributed by atoms with Crippen molar-refractivity contribution in [2.24, 2.45) is 16.0 Å². The number of carbonyl (C=O) groups excluding carboxylic acids is 2. The first-order valence-corrected chi connectivity index (χ1v) is 8.38. The quantitative estimate of drug-likeness (QED) is 0.608. The van der Waals surface area contributed by atoms with Crippen molar-refractivity contribution in [1.82, 2.24) is 0 Å². The first-order chi connectivity index (χ1) is 12.4. The molecule has 2 aromatic carbocycles. The van der Waals surface area contributed by atoms with Gasteiger partial charge in [-0.2, -0.15) is 10.2 Å². The van der Waals surface area contributed by atoms with E-state index in [9.17, 15) is 9.59 Å². The number of anilines is 2. The van der Waals surface area contributed by atoms with E-state index in [1.165, 1.54) is 6.92 Å². The van der Waals surface area contributed by atoms with E-state index in [4.69, 9.17) is 28.9 Å². The Kier molecular flexibility index (Phi) is 7.08. The topological polar surface area (TPSA) is 109 Å². The second kappa shape index (κ2) is 9.28. The summed E-state index contributed by atoms with van der Waals surface area (Å²) in [5.41, 5.74) is 7.42. The van der Waals surface area contributed by atoms with Crippen LogP contribution in [0.3, 0.4) is 0 Å². The van der Waals surface area contributed by atoms with Gasteiger partial charge in [0.15, 0.2) is 5.78 Å². The van der Waals surface area contributed by atoms with E-state index in [0.717, 1.165) is 5.69 Å². The third-order valence-corrected chi connectivity index (χ3v) is 3.79. The number of carbonyl (C=O) groups is 2. The molecule has 0 fully saturated rings. The van der Waals surface area contributed by atoms with Crippen molar-refractivity contribution in [3.05, 3.63) is 46.4 Å². The van der Waals surface area contributed by atoms with Gasteiger partial charge in [-0.15, -0.1) is 0 Å². The summed E-state index contributed by atoms with van der Waals surface area (Å²) in [4.78, 5) is 22.3. The molecule has 0 spiro atoms. The van der Waals surface area contributed by atoms with Crippen LogP contribution in [0.25, 0.3) is 0 Å². The number of Topliss-reactive ketones (excluding diaryl/α,β-unsaturated/α-hetero) is 1. The molecule has 0 saturated heterocycles. The number of nitrogens with one attached hydrogen (secondary N) is 2. The Balaban J connectivity index is 2.07. The molecule has 2 aromatic rings. The predicted octanol–water partition coefficient (Wildman–Crippen LogP) is 4.31. The molecule has 2 rings (SSSR count). The van der Waals surface area contributed by atoms with Crippen LogP contribution in [-0.4, -0.2) is 24.8 Å². The van der Waals surface area contributed by atoms with E-state index in [1.54, 1.807) is 36.4 Å². The van der Waals surface area contributed by atoms with Gasteiger partial charge in [-0.25, -0.2) is 0 Å². The smallest absolute Gasteiger partial charge is 0.221 e. The summed E-state index contributed by atoms with van der Waals surface area (Å²) in [5, 5.41) is 14.3. The molecule has 0 radical (unpaired) electrons. The lowest BCUT2D eigenvalue weighted by molar-refractivity contribution is -0.116. The molecule has 0 unspecified atom stereocenters. The molecule has 0 aromatic heterocycles. The normalized spacial score (nSPS) is 10.8. The number of ketones is 1. The monoisotopic (exact) mass is 393 g/mol. The van der Waals surface area contributed by atoms with Crippen molar-refractivity contribution < 1.29 is 9.59 Å². The summed E-state index contributed by atoms with van der Waals surface area (Å²) in [6.07, 6.45) is 0. The van der Waals surface area contributed by atoms with Crippen molar-refractivity contribution in [2.75, 3.05) is 23.7 Å². The highest BCUT2D eigenvalue weighted by molar-refractivity contribution is 6.40. The first kappa shape index (κ1) is 19.8. The van der Waals surface area contributed by atoms with Crippen LogP contribution in [0.2, 0.25) is 10.0 Å². The number of benzene rings is 2. The average Bonchev–Trinajstić information content (AvgIpc) is 2.61. The first-order valence-electron chi connectivity index (χ1n) is 7.63. The number of hydrogen-bond acceptors (Lipinski definition) is 6. The van der Waals surface area contributed by atoms with Crippen LogP contribution in [-0.2, 0) is 9.59 Å². The molecule has 0 aliphatic heterocycles. The maximum Gasteiger partial charge on any atom is 0.221 e. The summed E-state index contributed by atoms with van der Waals surface area (Å²) in [6.45, 7) is 1.55. The molecule has 26 heavy (non-hydrogen) atoms. The molecule has 0 heterocycles. The largest absolute Gasteiger partial charge is 0.378 e. The minimum Gasteiger partial charge on any atom is -0.378 e. The van der Waals surface area contributed by atoms with Gasteiger partial charge in [0.05, 0.1) is 40.2 Å². The molecule has 9 heteroatoms. The van der Waals surface area contributed by atoms with Crippen molar-refractivity contribution in [3.63, 3.8) is 0 Å². The van der Waals surface area contributed by atoms with Crippen molar-refractivity contribution >= 4 is 57.6 Å². The molecule has 0 bridgehead atoms. The third kappa shape index (κ3) is 5.80. The number of azo groups is 1. The molecule has 4 N–H and O–H groups in total. The van der Waals surface area contributed by atoms with Gasteiger partial charge < -0.3 is 16.4 Å². The number of nitrogens with two attached hydrogens (primary N) is 1. The van der Waals surface area contributed by atoms with E-state index < -0.39 is 0 Å². The van der Waals surface area contributed by atoms with Crippen molar-refractivity contribution in [1.29, 1.82) is 0 Å². The Morgan fingerprint density at radius 3 is 2.15 bits per heavy atom. The maximum atomic E-state index is 11.2. The third-order valence-electron chi connectivity index (χ3n) is 3.19. The van der Waals surface area contributed by atoms with E-state index in [0.29, 0.717) is 17.1 Å². The molecule has 0 aliphatic rings. The molecule has 0 saturated carbocycles. The molecule has 136 valence electrons. The Morgan fingerprint density at radius 1 is 1.04 bits per heavy atom. The fraction of sp³-hybridized carbons (Fsp3) is 0.176. The lowest BCUT2D eigenvalue weighted by Gasteiger charge is -2.08. The maximum absolute atomic E-state index is 11.2. The summed E-state index contributed by atoms with van der Waals surface area (Å²) in [6, 6.07) is 10.1.